The van der Waals surface area contributed by atoms with E-state index in [1.807, 2.05) is 24.3 Å². The van der Waals surface area contributed by atoms with Crippen LogP contribution in [0, 0.1) is 13.8 Å². The maximum Gasteiger partial charge on any atom is 0.119 e. The van der Waals surface area contributed by atoms with Gasteiger partial charge in [0.2, 0.25) is 0 Å². The highest BCUT2D eigenvalue weighted by Crippen LogP contribution is 2.28. The number of benzene rings is 2. The van der Waals surface area contributed by atoms with E-state index in [2.05, 4.69) is 38.1 Å². The van der Waals surface area contributed by atoms with Crippen LogP contribution >= 0.6 is 11.3 Å². The van der Waals surface area contributed by atoms with Crippen LogP contribution in [0.25, 0.3) is 11.3 Å². The monoisotopic (exact) mass is 324 g/mol. The molecule has 0 aliphatic rings. The van der Waals surface area contributed by atoms with Crippen LogP contribution < -0.4 is 10.5 Å². The van der Waals surface area contributed by atoms with E-state index < -0.39 is 0 Å². The predicted molar refractivity (Wildman–Crippen MR) is 97.1 cm³/mol. The molecule has 3 rings (SSSR count). The van der Waals surface area contributed by atoms with Crippen molar-refractivity contribution in [2.45, 2.75) is 20.3 Å². The molecule has 1 aromatic heterocycles. The Bertz CT molecular complexity index is 776. The van der Waals surface area contributed by atoms with Crippen molar-refractivity contribution in [1.29, 1.82) is 0 Å². The number of anilines is 1. The molecule has 3 nitrogen and oxygen atoms in total. The summed E-state index contributed by atoms with van der Waals surface area (Å²) in [6.45, 7) is 4.83. The molecule has 0 aliphatic carbocycles. The van der Waals surface area contributed by atoms with E-state index in [-0.39, 0.29) is 0 Å². The summed E-state index contributed by atoms with van der Waals surface area (Å²) in [6, 6.07) is 16.0. The molecule has 3 aromatic rings. The quantitative estimate of drug-likeness (QED) is 0.696. The lowest BCUT2D eigenvalue weighted by atomic mass is 10.1. The Morgan fingerprint density at radius 1 is 1.00 bits per heavy atom. The summed E-state index contributed by atoms with van der Waals surface area (Å²) >= 11 is 1.74. The van der Waals surface area contributed by atoms with Crippen molar-refractivity contribution in [3.63, 3.8) is 0 Å². The van der Waals surface area contributed by atoms with Crippen molar-refractivity contribution in [2.24, 2.45) is 0 Å². The number of nitrogens with two attached hydrogens (primary N) is 1. The van der Waals surface area contributed by atoms with E-state index in [1.54, 1.807) is 11.3 Å². The van der Waals surface area contributed by atoms with Gasteiger partial charge in [-0.15, -0.1) is 11.3 Å². The third-order valence-corrected chi connectivity index (χ3v) is 4.66. The highest BCUT2D eigenvalue weighted by atomic mass is 32.1. The maximum atomic E-state index is 5.75. The lowest BCUT2D eigenvalue weighted by Crippen LogP contribution is -2.01. The number of nitrogen functional groups attached to an aromatic ring is 1. The molecule has 0 radical (unpaired) electrons. The van der Waals surface area contributed by atoms with E-state index in [1.165, 1.54) is 16.0 Å². The third-order valence-electron chi connectivity index (χ3n) is 3.63. The molecule has 0 fully saturated rings. The Morgan fingerprint density at radius 3 is 2.39 bits per heavy atom. The Morgan fingerprint density at radius 2 is 1.70 bits per heavy atom. The zero-order valence-electron chi connectivity index (χ0n) is 13.4. The van der Waals surface area contributed by atoms with Crippen molar-refractivity contribution < 1.29 is 4.74 Å². The second-order valence-electron chi connectivity index (χ2n) is 5.55. The summed E-state index contributed by atoms with van der Waals surface area (Å²) in [5.74, 6) is 0.839. The van der Waals surface area contributed by atoms with Gasteiger partial charge in [-0.3, -0.25) is 0 Å². The molecular formula is C19H20N2OS. The maximum absolute atomic E-state index is 5.75. The fourth-order valence-corrected chi connectivity index (χ4v) is 3.29. The summed E-state index contributed by atoms with van der Waals surface area (Å²) in [5.41, 5.74) is 9.93. The van der Waals surface area contributed by atoms with Crippen LogP contribution in [0.3, 0.4) is 0 Å². The molecule has 2 N–H and O–H groups in total. The second kappa shape index (κ2) is 6.84. The fraction of sp³-hybridized carbons (Fsp3) is 0.211. The molecule has 0 saturated carbocycles. The number of aryl methyl sites for hydroxylation is 2. The van der Waals surface area contributed by atoms with Gasteiger partial charge in [0.25, 0.3) is 0 Å². The van der Waals surface area contributed by atoms with E-state index >= 15 is 0 Å². The van der Waals surface area contributed by atoms with Crippen molar-refractivity contribution in [1.82, 2.24) is 4.98 Å². The number of hydrogen-bond acceptors (Lipinski definition) is 4. The van der Waals surface area contributed by atoms with Crippen molar-refractivity contribution in [3.8, 4) is 17.0 Å². The van der Waals surface area contributed by atoms with Gasteiger partial charge >= 0.3 is 0 Å². The molecule has 1 heterocycles. The van der Waals surface area contributed by atoms with E-state index in [0.717, 1.165) is 28.6 Å². The second-order valence-corrected chi connectivity index (χ2v) is 6.83. The largest absolute Gasteiger partial charge is 0.493 e. The zero-order chi connectivity index (χ0) is 16.2. The first-order chi connectivity index (χ1) is 11.1. The van der Waals surface area contributed by atoms with Gasteiger partial charge in [0, 0.05) is 22.5 Å². The SMILES string of the molecule is Cc1ccc(-c2nc(CCOc3ccc(N)cc3)sc2C)cc1. The Labute approximate surface area is 140 Å². The van der Waals surface area contributed by atoms with Crippen LogP contribution in [0.1, 0.15) is 15.4 Å². The van der Waals surface area contributed by atoms with Crippen LogP contribution in [0.5, 0.6) is 5.75 Å². The lowest BCUT2D eigenvalue weighted by Gasteiger charge is -2.04. The number of rotatable bonds is 5. The fourth-order valence-electron chi connectivity index (χ4n) is 2.36. The summed E-state index contributed by atoms with van der Waals surface area (Å²) in [7, 11) is 0. The van der Waals surface area contributed by atoms with Gasteiger partial charge in [-0.05, 0) is 38.1 Å². The van der Waals surface area contributed by atoms with Crippen LogP contribution in [0.4, 0.5) is 5.69 Å². The molecule has 23 heavy (non-hydrogen) atoms. The van der Waals surface area contributed by atoms with Crippen LogP contribution in [0.2, 0.25) is 0 Å². The highest BCUT2D eigenvalue weighted by molar-refractivity contribution is 7.12. The third kappa shape index (κ3) is 3.90. The van der Waals surface area contributed by atoms with Gasteiger partial charge in [-0.2, -0.15) is 0 Å². The van der Waals surface area contributed by atoms with Gasteiger partial charge in [-0.25, -0.2) is 4.98 Å². The standard InChI is InChI=1S/C19H20N2OS/c1-13-3-5-15(6-4-13)19-14(2)23-18(21-19)11-12-22-17-9-7-16(20)8-10-17/h3-10H,11-12,20H2,1-2H3. The zero-order valence-corrected chi connectivity index (χ0v) is 14.2. The molecule has 0 bridgehead atoms. The molecule has 118 valence electrons. The summed E-state index contributed by atoms with van der Waals surface area (Å²) in [5, 5.41) is 1.11. The Kier molecular flexibility index (Phi) is 4.63. The summed E-state index contributed by atoms with van der Waals surface area (Å²) in [6.07, 6.45) is 0.807. The van der Waals surface area contributed by atoms with Crippen molar-refractivity contribution in [3.05, 3.63) is 64.0 Å². The van der Waals surface area contributed by atoms with Crippen LogP contribution in [-0.2, 0) is 6.42 Å². The minimum atomic E-state index is 0.615. The van der Waals surface area contributed by atoms with Crippen molar-refractivity contribution >= 4 is 17.0 Å². The van der Waals surface area contributed by atoms with E-state index in [0.29, 0.717) is 6.61 Å². The van der Waals surface area contributed by atoms with Gasteiger partial charge in [-0.1, -0.05) is 29.8 Å². The molecule has 2 aromatic carbocycles. The van der Waals surface area contributed by atoms with Gasteiger partial charge in [0.15, 0.2) is 0 Å². The highest BCUT2D eigenvalue weighted by Gasteiger charge is 2.09. The number of hydrogen-bond donors (Lipinski definition) is 1. The normalized spacial score (nSPS) is 10.7. The first kappa shape index (κ1) is 15.6. The molecule has 4 heteroatoms. The van der Waals surface area contributed by atoms with Crippen LogP contribution in [0.15, 0.2) is 48.5 Å². The molecular weight excluding hydrogens is 304 g/mol. The van der Waals surface area contributed by atoms with Gasteiger partial charge in [0.05, 0.1) is 17.3 Å². The molecule has 0 amide bonds. The number of ether oxygens (including phenoxy) is 1. The van der Waals surface area contributed by atoms with Crippen molar-refractivity contribution in [2.75, 3.05) is 12.3 Å². The Hall–Kier alpha value is -2.33. The summed E-state index contributed by atoms with van der Waals surface area (Å²) in [4.78, 5) is 6.02. The number of aromatic nitrogens is 1. The summed E-state index contributed by atoms with van der Waals surface area (Å²) < 4.78 is 5.75. The lowest BCUT2D eigenvalue weighted by molar-refractivity contribution is 0.322. The average Bonchev–Trinajstić information content (AvgIpc) is 2.91. The molecule has 0 saturated heterocycles. The van der Waals surface area contributed by atoms with Gasteiger partial charge in [0.1, 0.15) is 5.75 Å². The molecule has 0 aliphatic heterocycles. The average molecular weight is 324 g/mol. The van der Waals surface area contributed by atoms with E-state index in [4.69, 9.17) is 15.5 Å². The first-order valence-corrected chi connectivity index (χ1v) is 8.45. The minimum Gasteiger partial charge on any atom is -0.493 e. The minimum absolute atomic E-state index is 0.615. The molecule has 0 unspecified atom stereocenters. The van der Waals surface area contributed by atoms with Gasteiger partial charge < -0.3 is 10.5 Å². The predicted octanol–water partition coefficient (Wildman–Crippen LogP) is 4.63. The topological polar surface area (TPSA) is 48.1 Å². The number of nitrogens with zero attached hydrogens (tertiary/aromatic N) is 1. The first-order valence-electron chi connectivity index (χ1n) is 7.63. The van der Waals surface area contributed by atoms with Crippen LogP contribution in [-0.4, -0.2) is 11.6 Å². The molecule has 0 atom stereocenters. The Balaban J connectivity index is 1.64. The number of thiazole rings is 1. The molecule has 0 spiro atoms. The van der Waals surface area contributed by atoms with E-state index in [9.17, 15) is 0 Å². The smallest absolute Gasteiger partial charge is 0.119 e.